The van der Waals surface area contributed by atoms with Crippen molar-refractivity contribution in [1.82, 2.24) is 9.44 Å². The van der Waals surface area contributed by atoms with Gasteiger partial charge in [0.2, 0.25) is 20.0 Å². The van der Waals surface area contributed by atoms with Crippen molar-refractivity contribution in [3.8, 4) is 0 Å². The summed E-state index contributed by atoms with van der Waals surface area (Å²) in [5.41, 5.74) is 0. The van der Waals surface area contributed by atoms with Gasteiger partial charge in [0.25, 0.3) is 0 Å². The average Bonchev–Trinajstić information content (AvgIpc) is 2.64. The molecule has 0 aliphatic heterocycles. The van der Waals surface area contributed by atoms with Gasteiger partial charge in [0.1, 0.15) is 0 Å². The van der Waals surface area contributed by atoms with Crippen LogP contribution >= 0.6 is 31.9 Å². The zero-order chi connectivity index (χ0) is 20.4. The highest BCUT2D eigenvalue weighted by molar-refractivity contribution is 9.10. The molecule has 0 atom stereocenters. The summed E-state index contributed by atoms with van der Waals surface area (Å²) in [6.45, 7) is 0. The molecular formula is C18H20Br2N2O4S2. The fraction of sp³-hybridized carbons (Fsp3) is 0.333. The molecule has 0 amide bonds. The van der Waals surface area contributed by atoms with E-state index in [1.165, 1.54) is 0 Å². The predicted octanol–water partition coefficient (Wildman–Crippen LogP) is 3.78. The Morgan fingerprint density at radius 3 is 1.18 bits per heavy atom. The number of hydrogen-bond acceptors (Lipinski definition) is 4. The Hall–Kier alpha value is -0.780. The van der Waals surface area contributed by atoms with E-state index in [1.807, 2.05) is 0 Å². The van der Waals surface area contributed by atoms with E-state index in [9.17, 15) is 16.8 Å². The van der Waals surface area contributed by atoms with Crippen LogP contribution in [0.4, 0.5) is 0 Å². The third-order valence-electron chi connectivity index (χ3n) is 4.62. The maximum atomic E-state index is 12.5. The normalized spacial score (nSPS) is 20.8. The largest absolute Gasteiger partial charge is 0.240 e. The second-order valence-corrected chi connectivity index (χ2v) is 12.0. The zero-order valence-electron chi connectivity index (χ0n) is 14.8. The molecule has 0 bridgehead atoms. The van der Waals surface area contributed by atoms with E-state index in [1.54, 1.807) is 48.5 Å². The molecule has 2 N–H and O–H groups in total. The van der Waals surface area contributed by atoms with Gasteiger partial charge in [-0.25, -0.2) is 26.3 Å². The molecule has 2 aromatic rings. The maximum absolute atomic E-state index is 12.5. The molecule has 3 rings (SSSR count). The van der Waals surface area contributed by atoms with Crippen molar-refractivity contribution < 1.29 is 16.8 Å². The minimum Gasteiger partial charge on any atom is -0.208 e. The van der Waals surface area contributed by atoms with Crippen LogP contribution < -0.4 is 9.44 Å². The molecule has 6 nitrogen and oxygen atoms in total. The Labute approximate surface area is 182 Å². The molecule has 2 aromatic carbocycles. The Morgan fingerprint density at radius 1 is 0.607 bits per heavy atom. The van der Waals surface area contributed by atoms with Crippen LogP contribution in [0.3, 0.4) is 0 Å². The quantitative estimate of drug-likeness (QED) is 0.571. The third kappa shape index (κ3) is 5.64. The molecule has 10 heteroatoms. The summed E-state index contributed by atoms with van der Waals surface area (Å²) in [7, 11) is -7.18. The van der Waals surface area contributed by atoms with Crippen molar-refractivity contribution >= 4 is 51.9 Å². The molecule has 0 unspecified atom stereocenters. The Balaban J connectivity index is 1.57. The lowest BCUT2D eigenvalue weighted by molar-refractivity contribution is 0.356. The summed E-state index contributed by atoms with van der Waals surface area (Å²) in [6, 6.07) is 12.5. The fourth-order valence-electron chi connectivity index (χ4n) is 3.13. The molecular weight excluding hydrogens is 532 g/mol. The van der Waals surface area contributed by atoms with Crippen LogP contribution in [0.5, 0.6) is 0 Å². The summed E-state index contributed by atoms with van der Waals surface area (Å²) >= 11 is 6.58. The van der Waals surface area contributed by atoms with E-state index in [2.05, 4.69) is 41.3 Å². The molecule has 0 aromatic heterocycles. The van der Waals surface area contributed by atoms with Crippen LogP contribution in [0, 0.1) is 0 Å². The molecule has 0 heterocycles. The lowest BCUT2D eigenvalue weighted by Gasteiger charge is -2.29. The number of sulfonamides is 2. The topological polar surface area (TPSA) is 92.3 Å². The van der Waals surface area contributed by atoms with E-state index in [-0.39, 0.29) is 21.9 Å². The van der Waals surface area contributed by atoms with Gasteiger partial charge >= 0.3 is 0 Å². The number of benzene rings is 2. The summed E-state index contributed by atoms with van der Waals surface area (Å²) in [5, 5.41) is 0. The van der Waals surface area contributed by atoms with Crippen molar-refractivity contribution in [2.75, 3.05) is 0 Å². The van der Waals surface area contributed by atoms with Crippen LogP contribution in [0.25, 0.3) is 0 Å². The highest BCUT2D eigenvalue weighted by atomic mass is 79.9. The van der Waals surface area contributed by atoms with E-state index in [4.69, 9.17) is 0 Å². The van der Waals surface area contributed by atoms with Gasteiger partial charge in [-0.3, -0.25) is 0 Å². The van der Waals surface area contributed by atoms with Crippen molar-refractivity contribution in [3.63, 3.8) is 0 Å². The summed E-state index contributed by atoms with van der Waals surface area (Å²) in [6.07, 6.45) is 2.29. The van der Waals surface area contributed by atoms with Crippen molar-refractivity contribution in [2.24, 2.45) is 0 Å². The van der Waals surface area contributed by atoms with Crippen LogP contribution in [0.15, 0.2) is 67.3 Å². The summed E-state index contributed by atoms with van der Waals surface area (Å²) in [5.74, 6) is 0. The molecule has 1 aliphatic carbocycles. The minimum absolute atomic E-state index is 0.206. The van der Waals surface area contributed by atoms with E-state index >= 15 is 0 Å². The van der Waals surface area contributed by atoms with Crippen molar-refractivity contribution in [1.29, 1.82) is 0 Å². The Morgan fingerprint density at radius 2 is 0.893 bits per heavy atom. The average molecular weight is 552 g/mol. The van der Waals surface area contributed by atoms with Gasteiger partial charge in [-0.05, 0) is 74.2 Å². The maximum Gasteiger partial charge on any atom is 0.240 e. The second kappa shape index (κ2) is 8.93. The van der Waals surface area contributed by atoms with Gasteiger partial charge in [-0.2, -0.15) is 0 Å². The lowest BCUT2D eigenvalue weighted by atomic mass is 9.92. The second-order valence-electron chi connectivity index (χ2n) is 6.70. The van der Waals surface area contributed by atoms with E-state index in [0.29, 0.717) is 25.7 Å². The first-order valence-electron chi connectivity index (χ1n) is 8.71. The molecule has 1 fully saturated rings. The number of nitrogens with one attached hydrogen (secondary N) is 2. The Bertz CT molecular complexity index is 931. The number of hydrogen-bond donors (Lipinski definition) is 2. The van der Waals surface area contributed by atoms with Gasteiger partial charge in [0.05, 0.1) is 9.79 Å². The highest BCUT2D eigenvalue weighted by Gasteiger charge is 2.28. The third-order valence-corrected chi connectivity index (χ3v) is 8.75. The van der Waals surface area contributed by atoms with Crippen molar-refractivity contribution in [3.05, 3.63) is 57.5 Å². The molecule has 0 spiro atoms. The molecule has 1 saturated carbocycles. The van der Waals surface area contributed by atoms with Gasteiger partial charge in [0, 0.05) is 21.0 Å². The lowest BCUT2D eigenvalue weighted by Crippen LogP contribution is -2.43. The van der Waals surface area contributed by atoms with E-state index in [0.717, 1.165) is 8.95 Å². The van der Waals surface area contributed by atoms with Crippen molar-refractivity contribution in [2.45, 2.75) is 47.6 Å². The van der Waals surface area contributed by atoms with Crippen LogP contribution in [0.2, 0.25) is 0 Å². The highest BCUT2D eigenvalue weighted by Crippen LogP contribution is 2.23. The first-order chi connectivity index (χ1) is 13.2. The smallest absolute Gasteiger partial charge is 0.208 e. The molecule has 0 saturated heterocycles. The first kappa shape index (κ1) is 21.9. The zero-order valence-corrected chi connectivity index (χ0v) is 19.6. The first-order valence-corrected chi connectivity index (χ1v) is 13.3. The molecule has 1 aliphatic rings. The molecule has 152 valence electrons. The fourth-order valence-corrected chi connectivity index (χ4v) is 6.27. The van der Waals surface area contributed by atoms with Gasteiger partial charge < -0.3 is 0 Å². The number of rotatable bonds is 6. The number of halogens is 2. The predicted molar refractivity (Wildman–Crippen MR) is 115 cm³/mol. The molecule has 0 radical (unpaired) electrons. The Kier molecular flexibility index (Phi) is 6.99. The SMILES string of the molecule is O=S(=O)(NC1CCC(NS(=O)(=O)c2ccc(Br)cc2)CC1)c1ccc(Br)cc1. The molecule has 28 heavy (non-hydrogen) atoms. The van der Waals surface area contributed by atoms with Gasteiger partial charge in [-0.15, -0.1) is 0 Å². The van der Waals surface area contributed by atoms with Crippen LogP contribution in [-0.2, 0) is 20.0 Å². The summed E-state index contributed by atoms with van der Waals surface area (Å²) < 4.78 is 57.0. The van der Waals surface area contributed by atoms with Gasteiger partial charge in [0.15, 0.2) is 0 Å². The standard InChI is InChI=1S/C18H20Br2N2O4S2/c19-13-1-9-17(10-2-13)27(23,24)21-15-5-7-16(8-6-15)22-28(25,26)18-11-3-14(20)4-12-18/h1-4,9-12,15-16,21-22H,5-8H2. The summed E-state index contributed by atoms with van der Waals surface area (Å²) in [4.78, 5) is 0.433. The van der Waals surface area contributed by atoms with Crippen LogP contribution in [-0.4, -0.2) is 28.9 Å². The van der Waals surface area contributed by atoms with Gasteiger partial charge in [-0.1, -0.05) is 31.9 Å². The van der Waals surface area contributed by atoms with E-state index < -0.39 is 20.0 Å². The minimum atomic E-state index is -3.59. The van der Waals surface area contributed by atoms with Crippen LogP contribution in [0.1, 0.15) is 25.7 Å². The monoisotopic (exact) mass is 550 g/mol.